The summed E-state index contributed by atoms with van der Waals surface area (Å²) in [6.07, 6.45) is 6.86. The molecule has 2 nitrogen and oxygen atoms in total. The summed E-state index contributed by atoms with van der Waals surface area (Å²) in [4.78, 5) is 0. The number of rotatable bonds is 9. The largest absolute Gasteiger partial charge is 0.297 e. The van der Waals surface area contributed by atoms with Crippen LogP contribution in [0.4, 0.5) is 0 Å². The van der Waals surface area contributed by atoms with Crippen molar-refractivity contribution in [3.05, 3.63) is 0 Å². The van der Waals surface area contributed by atoms with Crippen LogP contribution in [0.15, 0.2) is 0 Å². The van der Waals surface area contributed by atoms with Crippen molar-refractivity contribution in [3.63, 3.8) is 0 Å². The lowest BCUT2D eigenvalue weighted by molar-refractivity contribution is 0.367. The summed E-state index contributed by atoms with van der Waals surface area (Å²) in [6.45, 7) is 4.34. The molecule has 0 aliphatic heterocycles. The van der Waals surface area contributed by atoms with Gasteiger partial charge in [0.25, 0.3) is 0 Å². The van der Waals surface area contributed by atoms with E-state index in [-0.39, 0.29) is 5.54 Å². The minimum Gasteiger partial charge on any atom is -0.297 e. The van der Waals surface area contributed by atoms with Crippen molar-refractivity contribution in [1.29, 1.82) is 5.26 Å². The van der Waals surface area contributed by atoms with Gasteiger partial charge in [0, 0.05) is 6.04 Å². The molecule has 0 aromatic carbocycles. The molecule has 0 spiro atoms. The van der Waals surface area contributed by atoms with Gasteiger partial charge in [-0.15, -0.1) is 0 Å². The van der Waals surface area contributed by atoms with Crippen molar-refractivity contribution >= 4 is 11.8 Å². The van der Waals surface area contributed by atoms with Crippen LogP contribution in [0.2, 0.25) is 0 Å². The summed E-state index contributed by atoms with van der Waals surface area (Å²) < 4.78 is 0. The van der Waals surface area contributed by atoms with Gasteiger partial charge in [-0.1, -0.05) is 13.8 Å². The van der Waals surface area contributed by atoms with Crippen molar-refractivity contribution < 1.29 is 0 Å². The standard InChI is InChI=1S/C13H24N2S/c1-3-9-16-10-5-8-13(4-2,11-14)15-12-6-7-12/h12,15H,3-10H2,1-2H3. The Morgan fingerprint density at radius 2 is 2.12 bits per heavy atom. The van der Waals surface area contributed by atoms with Gasteiger partial charge in [-0.05, 0) is 50.0 Å². The Hall–Kier alpha value is -0.200. The Balaban J connectivity index is 2.23. The van der Waals surface area contributed by atoms with Crippen molar-refractivity contribution in [2.75, 3.05) is 11.5 Å². The third-order valence-electron chi connectivity index (χ3n) is 3.12. The van der Waals surface area contributed by atoms with Crippen LogP contribution in [0.25, 0.3) is 0 Å². The second-order valence-electron chi connectivity index (χ2n) is 4.68. The molecular formula is C13H24N2S. The number of hydrogen-bond donors (Lipinski definition) is 1. The molecule has 0 bridgehead atoms. The average Bonchev–Trinajstić information content (AvgIpc) is 3.11. The van der Waals surface area contributed by atoms with E-state index in [0.717, 1.165) is 19.3 Å². The number of hydrogen-bond acceptors (Lipinski definition) is 3. The zero-order chi connectivity index (χ0) is 11.9. The normalized spacial score (nSPS) is 19.1. The topological polar surface area (TPSA) is 35.8 Å². The smallest absolute Gasteiger partial charge is 0.106 e. The third kappa shape index (κ3) is 4.76. The van der Waals surface area contributed by atoms with Crippen LogP contribution < -0.4 is 5.32 Å². The summed E-state index contributed by atoms with van der Waals surface area (Å²) >= 11 is 2.01. The zero-order valence-electron chi connectivity index (χ0n) is 10.6. The van der Waals surface area contributed by atoms with Gasteiger partial charge in [-0.2, -0.15) is 17.0 Å². The molecule has 1 saturated carbocycles. The molecule has 3 heteroatoms. The first kappa shape index (κ1) is 13.9. The van der Waals surface area contributed by atoms with Gasteiger partial charge < -0.3 is 0 Å². The molecule has 0 saturated heterocycles. The highest BCUT2D eigenvalue weighted by molar-refractivity contribution is 7.99. The molecule has 1 aliphatic rings. The van der Waals surface area contributed by atoms with Crippen molar-refractivity contribution in [3.8, 4) is 6.07 Å². The van der Waals surface area contributed by atoms with Gasteiger partial charge in [0.05, 0.1) is 6.07 Å². The lowest BCUT2D eigenvalue weighted by Gasteiger charge is -2.26. The van der Waals surface area contributed by atoms with Crippen LogP contribution >= 0.6 is 11.8 Å². The van der Waals surface area contributed by atoms with Gasteiger partial charge >= 0.3 is 0 Å². The summed E-state index contributed by atoms with van der Waals surface area (Å²) in [7, 11) is 0. The van der Waals surface area contributed by atoms with Gasteiger partial charge in [-0.25, -0.2) is 0 Å². The second-order valence-corrected chi connectivity index (χ2v) is 5.91. The molecule has 1 rings (SSSR count). The molecule has 92 valence electrons. The van der Waals surface area contributed by atoms with Crippen molar-refractivity contribution in [1.82, 2.24) is 5.32 Å². The van der Waals surface area contributed by atoms with Crippen molar-refractivity contribution in [2.24, 2.45) is 0 Å². The number of nitrogens with zero attached hydrogens (tertiary/aromatic N) is 1. The summed E-state index contributed by atoms with van der Waals surface area (Å²) in [5.41, 5.74) is -0.242. The van der Waals surface area contributed by atoms with E-state index in [0.29, 0.717) is 6.04 Å². The lowest BCUT2D eigenvalue weighted by Crippen LogP contribution is -2.44. The van der Waals surface area contributed by atoms with Gasteiger partial charge in [0.1, 0.15) is 5.54 Å². The summed E-state index contributed by atoms with van der Waals surface area (Å²) in [5, 5.41) is 12.9. The quantitative estimate of drug-likeness (QED) is 0.628. The van der Waals surface area contributed by atoms with E-state index in [1.165, 1.54) is 30.8 Å². The molecule has 1 N–H and O–H groups in total. The van der Waals surface area contributed by atoms with Crippen LogP contribution in [0.1, 0.15) is 52.4 Å². The first-order valence-electron chi connectivity index (χ1n) is 6.53. The molecule has 0 aromatic heterocycles. The number of thioether (sulfide) groups is 1. The Bertz CT molecular complexity index is 233. The predicted octanol–water partition coefficient (Wildman–Crippen LogP) is 3.33. The highest BCUT2D eigenvalue weighted by atomic mass is 32.2. The van der Waals surface area contributed by atoms with E-state index in [9.17, 15) is 5.26 Å². The monoisotopic (exact) mass is 240 g/mol. The second kappa shape index (κ2) is 7.19. The number of nitrogens with one attached hydrogen (secondary N) is 1. The van der Waals surface area contributed by atoms with Crippen LogP contribution in [-0.4, -0.2) is 23.1 Å². The third-order valence-corrected chi connectivity index (χ3v) is 4.39. The van der Waals surface area contributed by atoms with E-state index in [1.807, 2.05) is 11.8 Å². The van der Waals surface area contributed by atoms with Gasteiger partial charge in [0.2, 0.25) is 0 Å². The van der Waals surface area contributed by atoms with E-state index in [2.05, 4.69) is 25.2 Å². The minimum atomic E-state index is -0.242. The van der Waals surface area contributed by atoms with E-state index in [4.69, 9.17) is 0 Å². The molecule has 1 aliphatic carbocycles. The summed E-state index contributed by atoms with van der Waals surface area (Å²) in [5.74, 6) is 2.45. The zero-order valence-corrected chi connectivity index (χ0v) is 11.4. The fourth-order valence-corrected chi connectivity index (χ4v) is 2.70. The summed E-state index contributed by atoms with van der Waals surface area (Å²) in [6, 6.07) is 3.13. The highest BCUT2D eigenvalue weighted by Crippen LogP contribution is 2.27. The van der Waals surface area contributed by atoms with E-state index < -0.39 is 0 Å². The van der Waals surface area contributed by atoms with Crippen LogP contribution in [-0.2, 0) is 0 Å². The lowest BCUT2D eigenvalue weighted by atomic mass is 9.92. The highest BCUT2D eigenvalue weighted by Gasteiger charge is 2.34. The Morgan fingerprint density at radius 1 is 1.38 bits per heavy atom. The molecular weight excluding hydrogens is 216 g/mol. The van der Waals surface area contributed by atoms with Crippen molar-refractivity contribution in [2.45, 2.75) is 64.0 Å². The number of nitriles is 1. The fraction of sp³-hybridized carbons (Fsp3) is 0.923. The molecule has 0 aromatic rings. The molecule has 1 atom stereocenters. The fourth-order valence-electron chi connectivity index (χ4n) is 1.86. The molecule has 16 heavy (non-hydrogen) atoms. The maximum atomic E-state index is 9.34. The Morgan fingerprint density at radius 3 is 2.62 bits per heavy atom. The van der Waals surface area contributed by atoms with Gasteiger partial charge in [0.15, 0.2) is 0 Å². The Labute approximate surface area is 104 Å². The average molecular weight is 240 g/mol. The minimum absolute atomic E-state index is 0.242. The first-order chi connectivity index (χ1) is 7.76. The Kier molecular flexibility index (Phi) is 6.23. The van der Waals surface area contributed by atoms with Crippen LogP contribution in [0.5, 0.6) is 0 Å². The molecule has 1 unspecified atom stereocenters. The van der Waals surface area contributed by atoms with Crippen LogP contribution in [0.3, 0.4) is 0 Å². The SMILES string of the molecule is CCCSCCCC(C#N)(CC)NC1CC1. The van der Waals surface area contributed by atoms with Crippen LogP contribution in [0, 0.1) is 11.3 Å². The molecule has 0 heterocycles. The molecule has 0 amide bonds. The predicted molar refractivity (Wildman–Crippen MR) is 71.6 cm³/mol. The van der Waals surface area contributed by atoms with E-state index in [1.54, 1.807) is 0 Å². The van der Waals surface area contributed by atoms with E-state index >= 15 is 0 Å². The maximum Gasteiger partial charge on any atom is 0.106 e. The maximum absolute atomic E-state index is 9.34. The molecule has 0 radical (unpaired) electrons. The first-order valence-corrected chi connectivity index (χ1v) is 7.68. The molecule has 1 fully saturated rings. The van der Waals surface area contributed by atoms with Gasteiger partial charge in [-0.3, -0.25) is 5.32 Å².